The van der Waals surface area contributed by atoms with E-state index in [2.05, 4.69) is 10.6 Å². The van der Waals surface area contributed by atoms with Crippen LogP contribution >= 0.6 is 11.6 Å². The molecular weight excluding hydrogens is 416 g/mol. The number of hydrogen-bond donors (Lipinski definition) is 2. The largest absolute Gasteiger partial charge is 0.454 e. The lowest BCUT2D eigenvalue weighted by Crippen LogP contribution is -2.34. The van der Waals surface area contributed by atoms with Crippen molar-refractivity contribution in [3.8, 4) is 11.5 Å². The summed E-state index contributed by atoms with van der Waals surface area (Å²) in [5, 5.41) is 5.81. The van der Waals surface area contributed by atoms with E-state index in [0.29, 0.717) is 28.6 Å². The van der Waals surface area contributed by atoms with Crippen molar-refractivity contribution in [2.75, 3.05) is 6.79 Å². The number of rotatable bonds is 6. The lowest BCUT2D eigenvalue weighted by atomic mass is 10.1. The standard InChI is InChI=1S/C24H19ClN2O4/c25-19-9-5-4-8-18(19)23(28)27-20(24(29)26-14-16-6-2-1-3-7-16)12-17-10-11-21-22(13-17)31-15-30-21/h1-13H,14-15H2,(H,26,29)(H,27,28). The topological polar surface area (TPSA) is 76.7 Å². The summed E-state index contributed by atoms with van der Waals surface area (Å²) in [6.07, 6.45) is 1.58. The van der Waals surface area contributed by atoms with Gasteiger partial charge in [0.2, 0.25) is 6.79 Å². The number of amides is 2. The smallest absolute Gasteiger partial charge is 0.268 e. The summed E-state index contributed by atoms with van der Waals surface area (Å²) >= 11 is 6.14. The van der Waals surface area contributed by atoms with Gasteiger partial charge in [0, 0.05) is 6.54 Å². The number of nitrogens with one attached hydrogen (secondary N) is 2. The van der Waals surface area contributed by atoms with Gasteiger partial charge in [-0.3, -0.25) is 9.59 Å². The molecule has 0 fully saturated rings. The summed E-state index contributed by atoms with van der Waals surface area (Å²) in [7, 11) is 0. The van der Waals surface area contributed by atoms with Gasteiger partial charge in [-0.05, 0) is 41.5 Å². The van der Waals surface area contributed by atoms with Gasteiger partial charge in [-0.25, -0.2) is 0 Å². The number of carbonyl (C=O) groups excluding carboxylic acids is 2. The third kappa shape index (κ3) is 5.05. The highest BCUT2D eigenvalue weighted by Crippen LogP contribution is 2.33. The van der Waals surface area contributed by atoms with Crippen LogP contribution in [0.15, 0.2) is 78.5 Å². The van der Waals surface area contributed by atoms with Crippen LogP contribution in [-0.2, 0) is 11.3 Å². The minimum absolute atomic E-state index is 0.0831. The van der Waals surface area contributed by atoms with Crippen LogP contribution in [0.5, 0.6) is 11.5 Å². The summed E-state index contributed by atoms with van der Waals surface area (Å²) in [6.45, 7) is 0.469. The second kappa shape index (κ2) is 9.36. The summed E-state index contributed by atoms with van der Waals surface area (Å²) in [4.78, 5) is 25.7. The van der Waals surface area contributed by atoms with Gasteiger partial charge in [-0.1, -0.05) is 60.1 Å². The predicted octanol–water partition coefficient (Wildman–Crippen LogP) is 4.16. The van der Waals surface area contributed by atoms with Crippen LogP contribution in [0.4, 0.5) is 0 Å². The molecule has 156 valence electrons. The lowest BCUT2D eigenvalue weighted by Gasteiger charge is -2.12. The van der Waals surface area contributed by atoms with E-state index in [1.54, 1.807) is 48.5 Å². The maximum absolute atomic E-state index is 12.9. The first-order valence-electron chi connectivity index (χ1n) is 9.59. The van der Waals surface area contributed by atoms with Crippen molar-refractivity contribution < 1.29 is 19.1 Å². The lowest BCUT2D eigenvalue weighted by molar-refractivity contribution is -0.117. The highest BCUT2D eigenvalue weighted by molar-refractivity contribution is 6.34. The second-order valence-electron chi connectivity index (χ2n) is 6.77. The quantitative estimate of drug-likeness (QED) is 0.571. The van der Waals surface area contributed by atoms with Crippen LogP contribution in [0, 0.1) is 0 Å². The number of carbonyl (C=O) groups is 2. The first-order valence-corrected chi connectivity index (χ1v) is 9.97. The van der Waals surface area contributed by atoms with E-state index < -0.39 is 11.8 Å². The number of halogens is 1. The van der Waals surface area contributed by atoms with E-state index in [-0.39, 0.29) is 18.1 Å². The number of benzene rings is 3. The maximum Gasteiger partial charge on any atom is 0.268 e. The van der Waals surface area contributed by atoms with E-state index in [1.165, 1.54) is 0 Å². The first-order chi connectivity index (χ1) is 15.1. The van der Waals surface area contributed by atoms with Gasteiger partial charge in [0.1, 0.15) is 5.70 Å². The van der Waals surface area contributed by atoms with Gasteiger partial charge in [0.15, 0.2) is 11.5 Å². The Balaban J connectivity index is 1.59. The number of hydrogen-bond acceptors (Lipinski definition) is 4. The molecule has 2 amide bonds. The van der Waals surface area contributed by atoms with E-state index in [9.17, 15) is 9.59 Å². The minimum Gasteiger partial charge on any atom is -0.454 e. The molecule has 0 radical (unpaired) electrons. The van der Waals surface area contributed by atoms with Crippen LogP contribution in [-0.4, -0.2) is 18.6 Å². The van der Waals surface area contributed by atoms with Crippen LogP contribution in [0.2, 0.25) is 5.02 Å². The summed E-state index contributed by atoms with van der Waals surface area (Å²) in [6, 6.07) is 21.4. The molecule has 1 aliphatic rings. The summed E-state index contributed by atoms with van der Waals surface area (Å²) in [5.41, 5.74) is 1.97. The zero-order valence-electron chi connectivity index (χ0n) is 16.4. The monoisotopic (exact) mass is 434 g/mol. The molecule has 4 rings (SSSR count). The number of ether oxygens (including phenoxy) is 2. The zero-order valence-corrected chi connectivity index (χ0v) is 17.2. The molecule has 0 saturated heterocycles. The molecule has 2 N–H and O–H groups in total. The molecule has 31 heavy (non-hydrogen) atoms. The molecule has 0 bridgehead atoms. The van der Waals surface area contributed by atoms with E-state index >= 15 is 0 Å². The van der Waals surface area contributed by atoms with Crippen LogP contribution in [0.3, 0.4) is 0 Å². The fourth-order valence-corrected chi connectivity index (χ4v) is 3.26. The van der Waals surface area contributed by atoms with Gasteiger partial charge in [-0.15, -0.1) is 0 Å². The fourth-order valence-electron chi connectivity index (χ4n) is 3.04. The van der Waals surface area contributed by atoms with Crippen LogP contribution in [0.1, 0.15) is 21.5 Å². The van der Waals surface area contributed by atoms with Gasteiger partial charge >= 0.3 is 0 Å². The van der Waals surface area contributed by atoms with Gasteiger partial charge in [0.05, 0.1) is 10.6 Å². The Hall–Kier alpha value is -3.77. The molecule has 3 aromatic carbocycles. The Labute approximate surface area is 184 Å². The summed E-state index contributed by atoms with van der Waals surface area (Å²) in [5.74, 6) is 0.303. The first kappa shape index (κ1) is 20.5. The van der Waals surface area contributed by atoms with E-state index in [4.69, 9.17) is 21.1 Å². The van der Waals surface area contributed by atoms with E-state index in [1.807, 2.05) is 30.3 Å². The van der Waals surface area contributed by atoms with Gasteiger partial charge in [-0.2, -0.15) is 0 Å². The third-order valence-electron chi connectivity index (χ3n) is 4.61. The van der Waals surface area contributed by atoms with Crippen molar-refractivity contribution >= 4 is 29.5 Å². The highest BCUT2D eigenvalue weighted by atomic mass is 35.5. The molecule has 1 heterocycles. The summed E-state index contributed by atoms with van der Waals surface area (Å²) < 4.78 is 10.7. The zero-order chi connectivity index (χ0) is 21.6. The van der Waals surface area contributed by atoms with Crippen molar-refractivity contribution in [1.29, 1.82) is 0 Å². The normalized spacial score (nSPS) is 12.4. The molecule has 7 heteroatoms. The Morgan fingerprint density at radius 3 is 2.48 bits per heavy atom. The fraction of sp³-hybridized carbons (Fsp3) is 0.0833. The molecule has 0 spiro atoms. The van der Waals surface area contributed by atoms with Gasteiger partial charge < -0.3 is 20.1 Å². The molecule has 3 aromatic rings. The Morgan fingerprint density at radius 2 is 1.68 bits per heavy atom. The molecule has 6 nitrogen and oxygen atoms in total. The average Bonchev–Trinajstić information content (AvgIpc) is 3.26. The second-order valence-corrected chi connectivity index (χ2v) is 7.18. The van der Waals surface area contributed by atoms with Gasteiger partial charge in [0.25, 0.3) is 11.8 Å². The minimum atomic E-state index is -0.479. The Bertz CT molecular complexity index is 1150. The van der Waals surface area contributed by atoms with Crippen molar-refractivity contribution in [3.63, 3.8) is 0 Å². The third-order valence-corrected chi connectivity index (χ3v) is 4.94. The van der Waals surface area contributed by atoms with Crippen molar-refractivity contribution in [3.05, 3.63) is 100 Å². The van der Waals surface area contributed by atoms with Crippen LogP contribution < -0.4 is 20.1 Å². The Morgan fingerprint density at radius 1 is 0.935 bits per heavy atom. The molecule has 0 aromatic heterocycles. The van der Waals surface area contributed by atoms with Crippen molar-refractivity contribution in [2.45, 2.75) is 6.54 Å². The van der Waals surface area contributed by atoms with Crippen LogP contribution in [0.25, 0.3) is 6.08 Å². The average molecular weight is 435 g/mol. The molecule has 1 aliphatic heterocycles. The Kier molecular flexibility index (Phi) is 6.19. The molecular formula is C24H19ClN2O4. The number of fused-ring (bicyclic) bond motifs is 1. The maximum atomic E-state index is 12.9. The highest BCUT2D eigenvalue weighted by Gasteiger charge is 2.18. The van der Waals surface area contributed by atoms with Crippen molar-refractivity contribution in [1.82, 2.24) is 10.6 Å². The molecule has 0 unspecified atom stereocenters. The molecule has 0 saturated carbocycles. The SMILES string of the molecule is O=C(NCc1ccccc1)C(=Cc1ccc2c(c1)OCO2)NC(=O)c1ccccc1Cl. The predicted molar refractivity (Wildman–Crippen MR) is 118 cm³/mol. The van der Waals surface area contributed by atoms with E-state index in [0.717, 1.165) is 5.56 Å². The van der Waals surface area contributed by atoms with Crippen molar-refractivity contribution in [2.24, 2.45) is 0 Å². The molecule has 0 aliphatic carbocycles. The molecule has 0 atom stereocenters.